The van der Waals surface area contributed by atoms with Crippen LogP contribution in [0.5, 0.6) is 0 Å². The first kappa shape index (κ1) is 11.0. The van der Waals surface area contributed by atoms with Crippen molar-refractivity contribution in [3.05, 3.63) is 23.7 Å². The van der Waals surface area contributed by atoms with E-state index < -0.39 is 0 Å². The Bertz CT molecular complexity index is 504. The summed E-state index contributed by atoms with van der Waals surface area (Å²) in [5, 5.41) is 3.41. The SMILES string of the molecule is NCCN(c1nccc2sccc12)C1CCC1. The lowest BCUT2D eigenvalue weighted by atomic mass is 9.91. The summed E-state index contributed by atoms with van der Waals surface area (Å²) in [6.07, 6.45) is 5.81. The van der Waals surface area contributed by atoms with Crippen LogP contribution >= 0.6 is 11.3 Å². The van der Waals surface area contributed by atoms with Crippen molar-refractivity contribution in [1.29, 1.82) is 0 Å². The summed E-state index contributed by atoms with van der Waals surface area (Å²) >= 11 is 1.78. The van der Waals surface area contributed by atoms with Crippen LogP contribution in [-0.2, 0) is 0 Å². The van der Waals surface area contributed by atoms with E-state index in [1.165, 1.54) is 29.3 Å². The van der Waals surface area contributed by atoms with Crippen LogP contribution in [0.3, 0.4) is 0 Å². The van der Waals surface area contributed by atoms with Crippen LogP contribution in [0, 0.1) is 0 Å². The summed E-state index contributed by atoms with van der Waals surface area (Å²) in [4.78, 5) is 6.98. The van der Waals surface area contributed by atoms with Gasteiger partial charge in [-0.1, -0.05) is 0 Å². The molecule has 2 N–H and O–H groups in total. The molecule has 0 amide bonds. The highest BCUT2D eigenvalue weighted by molar-refractivity contribution is 7.17. The zero-order chi connectivity index (χ0) is 11.7. The summed E-state index contributed by atoms with van der Waals surface area (Å²) in [6.45, 7) is 1.60. The second-order valence-corrected chi connectivity index (χ2v) is 5.48. The van der Waals surface area contributed by atoms with Crippen molar-refractivity contribution in [2.45, 2.75) is 25.3 Å². The number of nitrogens with zero attached hydrogens (tertiary/aromatic N) is 2. The van der Waals surface area contributed by atoms with Gasteiger partial charge in [-0.15, -0.1) is 11.3 Å². The van der Waals surface area contributed by atoms with Gasteiger partial charge in [0.15, 0.2) is 0 Å². The Morgan fingerprint density at radius 3 is 3.00 bits per heavy atom. The number of hydrogen-bond acceptors (Lipinski definition) is 4. The van der Waals surface area contributed by atoms with E-state index >= 15 is 0 Å². The molecule has 0 bridgehead atoms. The van der Waals surface area contributed by atoms with Gasteiger partial charge in [0.1, 0.15) is 5.82 Å². The van der Waals surface area contributed by atoms with Gasteiger partial charge in [0.05, 0.1) is 0 Å². The molecule has 1 saturated carbocycles. The normalized spacial score (nSPS) is 16.1. The van der Waals surface area contributed by atoms with Gasteiger partial charge in [-0.3, -0.25) is 0 Å². The molecular formula is C13H17N3S. The van der Waals surface area contributed by atoms with Crippen molar-refractivity contribution < 1.29 is 0 Å². The number of pyridine rings is 1. The van der Waals surface area contributed by atoms with E-state index in [9.17, 15) is 0 Å². The third kappa shape index (κ3) is 1.91. The van der Waals surface area contributed by atoms with Gasteiger partial charge in [0.25, 0.3) is 0 Å². The van der Waals surface area contributed by atoms with E-state index in [0.29, 0.717) is 12.6 Å². The molecular weight excluding hydrogens is 230 g/mol. The Kier molecular flexibility index (Phi) is 2.99. The topological polar surface area (TPSA) is 42.1 Å². The van der Waals surface area contributed by atoms with E-state index in [1.807, 2.05) is 6.20 Å². The fourth-order valence-corrected chi connectivity index (χ4v) is 3.18. The number of rotatable bonds is 4. The average Bonchev–Trinajstić information content (AvgIpc) is 2.73. The minimum atomic E-state index is 0.650. The van der Waals surface area contributed by atoms with Gasteiger partial charge >= 0.3 is 0 Å². The summed E-state index contributed by atoms with van der Waals surface area (Å²) in [5.74, 6) is 1.12. The molecule has 1 aliphatic carbocycles. The summed E-state index contributed by atoms with van der Waals surface area (Å²) < 4.78 is 1.32. The van der Waals surface area contributed by atoms with E-state index in [-0.39, 0.29) is 0 Å². The van der Waals surface area contributed by atoms with Crippen LogP contribution in [0.15, 0.2) is 23.7 Å². The Hall–Kier alpha value is -1.13. The number of nitrogens with two attached hydrogens (primary N) is 1. The molecule has 90 valence electrons. The van der Waals surface area contributed by atoms with Crippen LogP contribution in [0.4, 0.5) is 5.82 Å². The molecule has 2 aromatic rings. The highest BCUT2D eigenvalue weighted by Gasteiger charge is 2.26. The van der Waals surface area contributed by atoms with Crippen LogP contribution < -0.4 is 10.6 Å². The van der Waals surface area contributed by atoms with Gasteiger partial charge < -0.3 is 10.6 Å². The lowest BCUT2D eigenvalue weighted by molar-refractivity contribution is 0.386. The van der Waals surface area contributed by atoms with Crippen molar-refractivity contribution in [2.75, 3.05) is 18.0 Å². The molecule has 0 saturated heterocycles. The molecule has 0 atom stereocenters. The molecule has 0 radical (unpaired) electrons. The minimum Gasteiger partial charge on any atom is -0.352 e. The summed E-state index contributed by atoms with van der Waals surface area (Å²) in [7, 11) is 0. The summed E-state index contributed by atoms with van der Waals surface area (Å²) in [6, 6.07) is 4.91. The molecule has 1 fully saturated rings. The number of anilines is 1. The first-order valence-corrected chi connectivity index (χ1v) is 7.07. The predicted octanol–water partition coefficient (Wildman–Crippen LogP) is 2.61. The maximum atomic E-state index is 5.74. The van der Waals surface area contributed by atoms with E-state index in [0.717, 1.165) is 12.4 Å². The third-order valence-electron chi connectivity index (χ3n) is 3.52. The predicted molar refractivity (Wildman–Crippen MR) is 73.7 cm³/mol. The smallest absolute Gasteiger partial charge is 0.137 e. The van der Waals surface area contributed by atoms with Crippen molar-refractivity contribution >= 4 is 27.2 Å². The highest BCUT2D eigenvalue weighted by Crippen LogP contribution is 2.33. The zero-order valence-electron chi connectivity index (χ0n) is 9.80. The van der Waals surface area contributed by atoms with Crippen molar-refractivity contribution in [3.8, 4) is 0 Å². The van der Waals surface area contributed by atoms with Gasteiger partial charge in [0.2, 0.25) is 0 Å². The second-order valence-electron chi connectivity index (χ2n) is 4.53. The molecule has 2 aromatic heterocycles. The maximum Gasteiger partial charge on any atom is 0.137 e. The average molecular weight is 247 g/mol. The fraction of sp³-hybridized carbons (Fsp3) is 0.462. The largest absolute Gasteiger partial charge is 0.352 e. The molecule has 3 rings (SSSR count). The lowest BCUT2D eigenvalue weighted by Crippen LogP contribution is -2.43. The molecule has 17 heavy (non-hydrogen) atoms. The summed E-state index contributed by atoms with van der Waals surface area (Å²) in [5.41, 5.74) is 5.74. The first-order valence-electron chi connectivity index (χ1n) is 6.19. The van der Waals surface area contributed by atoms with Gasteiger partial charge in [-0.25, -0.2) is 4.98 Å². The Morgan fingerprint density at radius 2 is 2.29 bits per heavy atom. The highest BCUT2D eigenvalue weighted by atomic mass is 32.1. The third-order valence-corrected chi connectivity index (χ3v) is 4.40. The number of fused-ring (bicyclic) bond motifs is 1. The van der Waals surface area contributed by atoms with Gasteiger partial charge in [-0.2, -0.15) is 0 Å². The van der Waals surface area contributed by atoms with Gasteiger partial charge in [0, 0.05) is 35.4 Å². The molecule has 0 aliphatic heterocycles. The van der Waals surface area contributed by atoms with E-state index in [2.05, 4.69) is 27.4 Å². The van der Waals surface area contributed by atoms with Gasteiger partial charge in [-0.05, 0) is 36.8 Å². The molecule has 0 unspecified atom stereocenters. The Morgan fingerprint density at radius 1 is 1.41 bits per heavy atom. The molecule has 4 heteroatoms. The van der Waals surface area contributed by atoms with E-state index in [4.69, 9.17) is 5.73 Å². The quantitative estimate of drug-likeness (QED) is 0.903. The van der Waals surface area contributed by atoms with Crippen LogP contribution in [-0.4, -0.2) is 24.1 Å². The molecule has 2 heterocycles. The Balaban J connectivity index is 2.01. The minimum absolute atomic E-state index is 0.650. The fourth-order valence-electron chi connectivity index (χ4n) is 2.41. The number of aromatic nitrogens is 1. The van der Waals surface area contributed by atoms with Crippen LogP contribution in [0.1, 0.15) is 19.3 Å². The zero-order valence-corrected chi connectivity index (χ0v) is 10.6. The molecule has 0 aromatic carbocycles. The van der Waals surface area contributed by atoms with E-state index in [1.54, 1.807) is 11.3 Å². The van der Waals surface area contributed by atoms with Crippen molar-refractivity contribution in [2.24, 2.45) is 5.73 Å². The van der Waals surface area contributed by atoms with Crippen LogP contribution in [0.2, 0.25) is 0 Å². The molecule has 0 spiro atoms. The second kappa shape index (κ2) is 4.63. The maximum absolute atomic E-state index is 5.74. The number of hydrogen-bond donors (Lipinski definition) is 1. The molecule has 1 aliphatic rings. The monoisotopic (exact) mass is 247 g/mol. The standard InChI is InChI=1S/C13H17N3S/c14-6-8-16(10-2-1-3-10)13-11-5-9-17-12(11)4-7-15-13/h4-5,7,9-10H,1-3,6,8,14H2. The van der Waals surface area contributed by atoms with Crippen LogP contribution in [0.25, 0.3) is 10.1 Å². The molecule has 3 nitrogen and oxygen atoms in total. The first-order chi connectivity index (χ1) is 8.40. The lowest BCUT2D eigenvalue weighted by Gasteiger charge is -2.38. The van der Waals surface area contributed by atoms with Crippen molar-refractivity contribution in [1.82, 2.24) is 4.98 Å². The van der Waals surface area contributed by atoms with Crippen molar-refractivity contribution in [3.63, 3.8) is 0 Å². The number of thiophene rings is 1. The Labute approximate surface area is 105 Å².